The van der Waals surface area contributed by atoms with Crippen LogP contribution in [-0.4, -0.2) is 25.9 Å². The molecule has 2 rings (SSSR count). The third-order valence-electron chi connectivity index (χ3n) is 6.43. The maximum absolute atomic E-state index is 12.0. The second-order valence-corrected chi connectivity index (χ2v) is 12.4. The lowest BCUT2D eigenvalue weighted by atomic mass is 10.0. The minimum absolute atomic E-state index is 0.174. The largest absolute Gasteiger partial charge is 0.454 e. The molecule has 0 aliphatic heterocycles. The third kappa shape index (κ3) is 11.1. The highest BCUT2D eigenvalue weighted by Crippen LogP contribution is 2.35. The number of benzene rings is 2. The first-order valence-corrected chi connectivity index (χ1v) is 16.3. The fourth-order valence-corrected chi connectivity index (χ4v) is 5.53. The highest BCUT2D eigenvalue weighted by molar-refractivity contribution is 7.86. The van der Waals surface area contributed by atoms with Crippen LogP contribution >= 0.6 is 0 Å². The van der Waals surface area contributed by atoms with Crippen LogP contribution in [0, 0.1) is 0 Å². The number of hydrogen-bond acceptors (Lipinski definition) is 5. The van der Waals surface area contributed by atoms with Crippen molar-refractivity contribution in [1.82, 2.24) is 0 Å². The molecule has 0 unspecified atom stereocenters. The summed E-state index contributed by atoms with van der Waals surface area (Å²) in [6, 6.07) is 8.82. The van der Waals surface area contributed by atoms with Crippen molar-refractivity contribution in [3.05, 3.63) is 47.5 Å². The van der Waals surface area contributed by atoms with E-state index >= 15 is 0 Å². The van der Waals surface area contributed by atoms with Gasteiger partial charge in [-0.05, 0) is 61.1 Å². The Morgan fingerprint density at radius 3 is 1.27 bits per heavy atom. The van der Waals surface area contributed by atoms with Crippen LogP contribution in [0.2, 0.25) is 0 Å². The molecule has 0 radical (unpaired) electrons. The molecule has 9 heteroatoms. The normalized spacial score (nSPS) is 12.1. The fourth-order valence-electron chi connectivity index (χ4n) is 4.34. The van der Waals surface area contributed by atoms with Gasteiger partial charge in [0.15, 0.2) is 0 Å². The van der Waals surface area contributed by atoms with Crippen LogP contribution < -0.4 is 4.74 Å². The molecule has 0 atom stereocenters. The molecule has 0 heterocycles. The minimum atomic E-state index is -4.63. The Hall–Kier alpha value is -1.94. The van der Waals surface area contributed by atoms with Gasteiger partial charge in [0.1, 0.15) is 21.3 Å². The molecule has 0 bridgehead atoms. The quantitative estimate of drug-likeness (QED) is 0.143. The van der Waals surface area contributed by atoms with Crippen molar-refractivity contribution >= 4 is 20.2 Å². The molecule has 0 aromatic heterocycles. The predicted molar refractivity (Wildman–Crippen MR) is 147 cm³/mol. The topological polar surface area (TPSA) is 118 Å². The van der Waals surface area contributed by atoms with E-state index in [-0.39, 0.29) is 11.5 Å². The van der Waals surface area contributed by atoms with E-state index in [0.717, 1.165) is 49.7 Å². The Labute approximate surface area is 223 Å². The van der Waals surface area contributed by atoms with Gasteiger partial charge in [0.2, 0.25) is 0 Å². The van der Waals surface area contributed by atoms with Crippen LogP contribution in [0.4, 0.5) is 0 Å². The number of rotatable bonds is 18. The number of aryl methyl sites for hydroxylation is 2. The Morgan fingerprint density at radius 2 is 0.919 bits per heavy atom. The van der Waals surface area contributed by atoms with Gasteiger partial charge in [-0.25, -0.2) is 0 Å². The standard InChI is InChI=1S/C28H42O7S2/c1-3-5-7-9-11-13-15-23-17-19-27(36(29,30)31)25(21-23)35-26-22-24(16-14-12-10-8-6-4-2)18-20-28(26)37(32,33)34/h17-22H,3-16H2,1-2H3,(H,29,30,31)(H,32,33,34). The van der Waals surface area contributed by atoms with E-state index in [9.17, 15) is 25.9 Å². The first-order chi connectivity index (χ1) is 17.6. The lowest BCUT2D eigenvalue weighted by molar-refractivity contribution is 0.433. The van der Waals surface area contributed by atoms with Gasteiger partial charge in [-0.1, -0.05) is 90.2 Å². The molecule has 0 fully saturated rings. The SMILES string of the molecule is CCCCCCCCc1ccc(S(=O)(=O)O)c(Oc2cc(CCCCCCCC)ccc2S(=O)(=O)O)c1. The van der Waals surface area contributed by atoms with Crippen LogP contribution in [-0.2, 0) is 33.1 Å². The number of unbranched alkanes of at least 4 members (excludes halogenated alkanes) is 10. The van der Waals surface area contributed by atoms with Crippen molar-refractivity contribution in [1.29, 1.82) is 0 Å². The fraction of sp³-hybridized carbons (Fsp3) is 0.571. The summed E-state index contributed by atoms with van der Waals surface area (Å²) in [4.78, 5) is -0.913. The second kappa shape index (κ2) is 15.5. The summed E-state index contributed by atoms with van der Waals surface area (Å²) in [7, 11) is -9.25. The van der Waals surface area contributed by atoms with Crippen molar-refractivity contribution in [2.45, 2.75) is 114 Å². The lowest BCUT2D eigenvalue weighted by Crippen LogP contribution is -2.05. The smallest absolute Gasteiger partial charge is 0.298 e. The molecule has 2 N–H and O–H groups in total. The van der Waals surface area contributed by atoms with E-state index in [2.05, 4.69) is 13.8 Å². The van der Waals surface area contributed by atoms with Gasteiger partial charge in [0.05, 0.1) is 0 Å². The molecule has 0 aliphatic rings. The molecule has 208 valence electrons. The molecule has 0 spiro atoms. The van der Waals surface area contributed by atoms with E-state index in [1.165, 1.54) is 62.8 Å². The average Bonchev–Trinajstić information content (AvgIpc) is 2.82. The molecular formula is C28H42O7S2. The molecule has 0 aliphatic carbocycles. The highest BCUT2D eigenvalue weighted by Gasteiger charge is 2.22. The monoisotopic (exact) mass is 554 g/mol. The van der Waals surface area contributed by atoms with E-state index in [1.54, 1.807) is 12.1 Å². The van der Waals surface area contributed by atoms with Gasteiger partial charge in [0, 0.05) is 0 Å². The summed E-state index contributed by atoms with van der Waals surface area (Å²) in [6.07, 6.45) is 14.7. The van der Waals surface area contributed by atoms with Gasteiger partial charge >= 0.3 is 0 Å². The third-order valence-corrected chi connectivity index (χ3v) is 8.22. The first kappa shape index (κ1) is 31.3. The van der Waals surface area contributed by atoms with Crippen molar-refractivity contribution < 1.29 is 30.7 Å². The summed E-state index contributed by atoms with van der Waals surface area (Å²) in [6.45, 7) is 4.33. The maximum Gasteiger partial charge on any atom is 0.298 e. The van der Waals surface area contributed by atoms with Crippen LogP contribution in [0.15, 0.2) is 46.2 Å². The average molecular weight is 555 g/mol. The van der Waals surface area contributed by atoms with Gasteiger partial charge in [0.25, 0.3) is 20.2 Å². The van der Waals surface area contributed by atoms with E-state index in [4.69, 9.17) is 4.74 Å². The van der Waals surface area contributed by atoms with Gasteiger partial charge in [-0.15, -0.1) is 0 Å². The second-order valence-electron chi connectivity index (χ2n) is 9.65. The zero-order valence-electron chi connectivity index (χ0n) is 22.1. The summed E-state index contributed by atoms with van der Waals surface area (Å²) in [5.41, 5.74) is 1.63. The van der Waals surface area contributed by atoms with Crippen LogP contribution in [0.25, 0.3) is 0 Å². The highest BCUT2D eigenvalue weighted by atomic mass is 32.2. The van der Waals surface area contributed by atoms with Crippen molar-refractivity contribution in [3.63, 3.8) is 0 Å². The van der Waals surface area contributed by atoms with Gasteiger partial charge in [-0.2, -0.15) is 16.8 Å². The molecule has 2 aromatic rings. The predicted octanol–water partition coefficient (Wildman–Crippen LogP) is 7.78. The molecular weight excluding hydrogens is 512 g/mol. The molecule has 0 saturated heterocycles. The Kier molecular flexibility index (Phi) is 13.1. The lowest BCUT2D eigenvalue weighted by Gasteiger charge is -2.15. The van der Waals surface area contributed by atoms with Crippen LogP contribution in [0.1, 0.15) is 102 Å². The number of hydrogen-bond donors (Lipinski definition) is 2. The Balaban J connectivity index is 2.27. The summed E-state index contributed by atoms with van der Waals surface area (Å²) in [5, 5.41) is 0. The number of ether oxygens (including phenoxy) is 1. The molecule has 0 saturated carbocycles. The van der Waals surface area contributed by atoms with E-state index in [1.807, 2.05) is 0 Å². The van der Waals surface area contributed by atoms with Crippen molar-refractivity contribution in [2.75, 3.05) is 0 Å². The van der Waals surface area contributed by atoms with Crippen LogP contribution in [0.3, 0.4) is 0 Å². The van der Waals surface area contributed by atoms with Crippen LogP contribution in [0.5, 0.6) is 11.5 Å². The molecule has 37 heavy (non-hydrogen) atoms. The Bertz CT molecular complexity index is 1100. The molecule has 0 amide bonds. The zero-order valence-corrected chi connectivity index (χ0v) is 23.7. The van der Waals surface area contributed by atoms with Gasteiger partial charge < -0.3 is 4.74 Å². The summed E-state index contributed by atoms with van der Waals surface area (Å²) in [5.74, 6) is -0.347. The molecule has 7 nitrogen and oxygen atoms in total. The maximum atomic E-state index is 12.0. The summed E-state index contributed by atoms with van der Waals surface area (Å²) < 4.78 is 73.4. The minimum Gasteiger partial charge on any atom is -0.454 e. The molecule has 2 aromatic carbocycles. The van der Waals surface area contributed by atoms with Crippen molar-refractivity contribution in [2.24, 2.45) is 0 Å². The van der Waals surface area contributed by atoms with E-state index in [0.29, 0.717) is 12.8 Å². The van der Waals surface area contributed by atoms with Gasteiger partial charge in [-0.3, -0.25) is 9.11 Å². The Morgan fingerprint density at radius 1 is 0.568 bits per heavy atom. The zero-order chi connectivity index (χ0) is 27.3. The summed E-state index contributed by atoms with van der Waals surface area (Å²) >= 11 is 0. The van der Waals surface area contributed by atoms with E-state index < -0.39 is 30.0 Å². The van der Waals surface area contributed by atoms with Crippen molar-refractivity contribution in [3.8, 4) is 11.5 Å². The first-order valence-electron chi connectivity index (χ1n) is 13.4.